The lowest BCUT2D eigenvalue weighted by Crippen LogP contribution is -2.36. The van der Waals surface area contributed by atoms with Crippen LogP contribution in [-0.4, -0.2) is 40.0 Å². The molecule has 226 valence electrons. The van der Waals surface area contributed by atoms with Crippen molar-refractivity contribution in [3.63, 3.8) is 0 Å². The molecule has 1 heterocycles. The molecule has 3 aromatic carbocycles. The minimum Gasteiger partial charge on any atom is -0.489 e. The van der Waals surface area contributed by atoms with Gasteiger partial charge in [-0.2, -0.15) is 0 Å². The molecule has 1 aromatic heterocycles. The molecule has 0 bridgehead atoms. The molecule has 7 nitrogen and oxygen atoms in total. The zero-order valence-electron chi connectivity index (χ0n) is 25.2. The van der Waals surface area contributed by atoms with Crippen molar-refractivity contribution in [1.29, 1.82) is 0 Å². The number of benzene rings is 3. The average molecular weight is 600 g/mol. The van der Waals surface area contributed by atoms with E-state index in [1.165, 1.54) is 42.6 Å². The second kappa shape index (κ2) is 16.0. The Hall–Kier alpha value is -4.01. The molecule has 0 saturated carbocycles. The number of aliphatic carboxylic acids is 1. The number of thiazole rings is 1. The number of nitrogens with zero attached hydrogens (tertiary/aromatic N) is 2. The van der Waals surface area contributed by atoms with E-state index < -0.39 is 5.97 Å². The van der Waals surface area contributed by atoms with E-state index in [4.69, 9.17) is 9.72 Å². The molecule has 0 aliphatic rings. The Morgan fingerprint density at radius 2 is 1.70 bits per heavy atom. The summed E-state index contributed by atoms with van der Waals surface area (Å²) in [4.78, 5) is 30.4. The Bertz CT molecular complexity index is 1460. The van der Waals surface area contributed by atoms with Crippen molar-refractivity contribution in [2.45, 2.75) is 65.5 Å². The number of ether oxygens (including phenoxy) is 1. The quantitative estimate of drug-likeness (QED) is 0.136. The van der Waals surface area contributed by atoms with Crippen LogP contribution < -0.4 is 10.1 Å². The fraction of sp³-hybridized carbons (Fsp3) is 0.343. The fourth-order valence-electron chi connectivity index (χ4n) is 5.22. The topological polar surface area (TPSA) is 91.8 Å². The Morgan fingerprint density at radius 3 is 2.35 bits per heavy atom. The summed E-state index contributed by atoms with van der Waals surface area (Å²) >= 11 is 1.45. The third kappa shape index (κ3) is 9.76. The Labute approximate surface area is 258 Å². The number of nitrogens with one attached hydrogen (secondary N) is 1. The second-order valence-electron chi connectivity index (χ2n) is 10.9. The minimum atomic E-state index is -0.996. The van der Waals surface area contributed by atoms with Crippen LogP contribution in [0.15, 0.2) is 78.2 Å². The lowest BCUT2D eigenvalue weighted by atomic mass is 9.90. The molecule has 0 aliphatic heterocycles. The summed E-state index contributed by atoms with van der Waals surface area (Å²) < 4.78 is 6.12. The smallest absolute Gasteiger partial charge is 0.317 e. The molecule has 0 saturated heterocycles. The van der Waals surface area contributed by atoms with Crippen molar-refractivity contribution in [1.82, 2.24) is 9.88 Å². The van der Waals surface area contributed by atoms with Gasteiger partial charge in [0.05, 0.1) is 25.3 Å². The molecule has 0 atom stereocenters. The molecular weight excluding hydrogens is 558 g/mol. The van der Waals surface area contributed by atoms with E-state index in [-0.39, 0.29) is 25.5 Å². The standard InChI is InChI=1S/C35H41N3O4S/c1-4-9-27(10-5-2)28-15-13-26(14-16-28)23-42-30-17-18-31(25(3)19-30)32-24-43-34(37-32)21-38(22-35(40)41)20-33(39)36-29-11-7-6-8-12-29/h6-8,11-19,24,27H,4-5,9-10,20-23H2,1-3H3,(H,36,39)(H,40,41). The number of rotatable bonds is 16. The zero-order chi connectivity index (χ0) is 30.6. The van der Waals surface area contributed by atoms with E-state index in [1.807, 2.05) is 48.7 Å². The first-order valence-electron chi connectivity index (χ1n) is 14.9. The SMILES string of the molecule is CCCC(CCC)c1ccc(COc2ccc(-c3csc(CN(CC(=O)O)CC(=O)Nc4ccccc4)n3)c(C)c2)cc1. The van der Waals surface area contributed by atoms with Crippen LogP contribution in [0.5, 0.6) is 5.75 Å². The fourth-order valence-corrected chi connectivity index (χ4v) is 6.06. The highest BCUT2D eigenvalue weighted by Crippen LogP contribution is 2.30. The van der Waals surface area contributed by atoms with Crippen LogP contribution in [0.4, 0.5) is 5.69 Å². The van der Waals surface area contributed by atoms with E-state index >= 15 is 0 Å². The van der Waals surface area contributed by atoms with E-state index in [1.54, 1.807) is 17.0 Å². The third-order valence-corrected chi connectivity index (χ3v) is 8.13. The highest BCUT2D eigenvalue weighted by Gasteiger charge is 2.18. The van der Waals surface area contributed by atoms with E-state index in [0.717, 1.165) is 33.1 Å². The van der Waals surface area contributed by atoms with Gasteiger partial charge < -0.3 is 15.2 Å². The van der Waals surface area contributed by atoms with Crippen LogP contribution in [0.3, 0.4) is 0 Å². The number of carboxylic acid groups (broad SMARTS) is 1. The van der Waals surface area contributed by atoms with Gasteiger partial charge in [-0.1, -0.05) is 69.2 Å². The summed E-state index contributed by atoms with van der Waals surface area (Å²) in [5, 5.41) is 14.9. The number of anilines is 1. The van der Waals surface area contributed by atoms with E-state index in [0.29, 0.717) is 18.2 Å². The minimum absolute atomic E-state index is 0.0536. The van der Waals surface area contributed by atoms with Crippen molar-refractivity contribution in [3.8, 4) is 17.0 Å². The predicted octanol–water partition coefficient (Wildman–Crippen LogP) is 7.91. The lowest BCUT2D eigenvalue weighted by molar-refractivity contribution is -0.138. The van der Waals surface area contributed by atoms with Gasteiger partial charge in [0.15, 0.2) is 0 Å². The van der Waals surface area contributed by atoms with Gasteiger partial charge in [-0.3, -0.25) is 14.5 Å². The number of hydrogen-bond acceptors (Lipinski definition) is 6. The Kier molecular flexibility index (Phi) is 11.9. The van der Waals surface area contributed by atoms with Crippen molar-refractivity contribution in [2.24, 2.45) is 0 Å². The molecule has 0 unspecified atom stereocenters. The number of aromatic nitrogens is 1. The van der Waals surface area contributed by atoms with Crippen LogP contribution in [0.2, 0.25) is 0 Å². The van der Waals surface area contributed by atoms with Crippen LogP contribution in [0.1, 0.15) is 67.1 Å². The molecule has 4 rings (SSSR count). The maximum absolute atomic E-state index is 12.6. The Balaban J connectivity index is 1.35. The van der Waals surface area contributed by atoms with Gasteiger partial charge in [-0.05, 0) is 72.7 Å². The molecule has 0 aliphatic carbocycles. The van der Waals surface area contributed by atoms with E-state index in [2.05, 4.69) is 43.4 Å². The molecule has 43 heavy (non-hydrogen) atoms. The number of carboxylic acids is 1. The average Bonchev–Trinajstić information content (AvgIpc) is 3.44. The first-order valence-corrected chi connectivity index (χ1v) is 15.8. The highest BCUT2D eigenvalue weighted by molar-refractivity contribution is 7.09. The predicted molar refractivity (Wildman–Crippen MR) is 174 cm³/mol. The second-order valence-corrected chi connectivity index (χ2v) is 11.8. The van der Waals surface area contributed by atoms with Gasteiger partial charge in [0, 0.05) is 16.6 Å². The molecule has 8 heteroatoms. The number of hydrogen-bond donors (Lipinski definition) is 2. The van der Waals surface area contributed by atoms with Gasteiger partial charge in [-0.25, -0.2) is 4.98 Å². The summed E-state index contributed by atoms with van der Waals surface area (Å²) in [7, 11) is 0. The molecule has 4 aromatic rings. The summed E-state index contributed by atoms with van der Waals surface area (Å²) in [6, 6.07) is 23.9. The summed E-state index contributed by atoms with van der Waals surface area (Å²) in [6.07, 6.45) is 4.85. The van der Waals surface area contributed by atoms with Crippen LogP contribution in [0, 0.1) is 6.92 Å². The van der Waals surface area contributed by atoms with Crippen molar-refractivity contribution < 1.29 is 19.4 Å². The van der Waals surface area contributed by atoms with Crippen molar-refractivity contribution in [3.05, 3.63) is 99.9 Å². The number of carbonyl (C=O) groups excluding carboxylic acids is 1. The van der Waals surface area contributed by atoms with Gasteiger partial charge in [0.2, 0.25) is 5.91 Å². The molecule has 0 radical (unpaired) electrons. The first kappa shape index (κ1) is 31.9. The summed E-state index contributed by atoms with van der Waals surface area (Å²) in [6.45, 7) is 6.97. The molecule has 0 fully saturated rings. The van der Waals surface area contributed by atoms with Gasteiger partial charge >= 0.3 is 5.97 Å². The molecular formula is C35H41N3O4S. The number of para-hydroxylation sites is 1. The van der Waals surface area contributed by atoms with Gasteiger partial charge in [-0.15, -0.1) is 11.3 Å². The number of aryl methyl sites for hydroxylation is 1. The number of carbonyl (C=O) groups is 2. The van der Waals surface area contributed by atoms with Crippen LogP contribution in [0.25, 0.3) is 11.3 Å². The summed E-state index contributed by atoms with van der Waals surface area (Å²) in [5.41, 5.74) is 6.07. The first-order chi connectivity index (χ1) is 20.8. The Morgan fingerprint density at radius 1 is 0.977 bits per heavy atom. The van der Waals surface area contributed by atoms with Crippen molar-refractivity contribution >= 4 is 28.9 Å². The molecule has 0 spiro atoms. The monoisotopic (exact) mass is 599 g/mol. The summed E-state index contributed by atoms with van der Waals surface area (Å²) in [5.74, 6) is 0.158. The third-order valence-electron chi connectivity index (χ3n) is 7.30. The molecule has 2 N–H and O–H groups in total. The largest absolute Gasteiger partial charge is 0.489 e. The van der Waals surface area contributed by atoms with Crippen molar-refractivity contribution in [2.75, 3.05) is 18.4 Å². The van der Waals surface area contributed by atoms with Crippen LogP contribution in [-0.2, 0) is 22.7 Å². The number of amides is 1. The van der Waals surface area contributed by atoms with E-state index in [9.17, 15) is 14.7 Å². The maximum atomic E-state index is 12.6. The zero-order valence-corrected chi connectivity index (χ0v) is 26.0. The normalized spacial score (nSPS) is 11.2. The lowest BCUT2D eigenvalue weighted by Gasteiger charge is -2.18. The van der Waals surface area contributed by atoms with Gasteiger partial charge in [0.25, 0.3) is 0 Å². The van der Waals surface area contributed by atoms with Crippen LogP contribution >= 0.6 is 11.3 Å². The van der Waals surface area contributed by atoms with Gasteiger partial charge in [0.1, 0.15) is 17.4 Å². The molecule has 1 amide bonds. The maximum Gasteiger partial charge on any atom is 0.317 e. The highest BCUT2D eigenvalue weighted by atomic mass is 32.1.